The highest BCUT2D eigenvalue weighted by molar-refractivity contribution is 5.69. The molecule has 1 unspecified atom stereocenters. The third-order valence-corrected chi connectivity index (χ3v) is 6.49. The van der Waals surface area contributed by atoms with Crippen LogP contribution in [0, 0.1) is 23.7 Å². The third-order valence-electron chi connectivity index (χ3n) is 6.49. The Balaban J connectivity index is 3.57. The summed E-state index contributed by atoms with van der Waals surface area (Å²) < 4.78 is 10.7. The number of esters is 2. The molecule has 4 heteroatoms. The lowest BCUT2D eigenvalue weighted by molar-refractivity contribution is -0.146. The van der Waals surface area contributed by atoms with E-state index in [1.807, 2.05) is 0 Å². The summed E-state index contributed by atoms with van der Waals surface area (Å²) in [4.78, 5) is 23.7. The molecule has 0 saturated carbocycles. The molecule has 0 aliphatic rings. The van der Waals surface area contributed by atoms with Crippen LogP contribution in [0.25, 0.3) is 0 Å². The molecule has 0 amide bonds. The van der Waals surface area contributed by atoms with Crippen molar-refractivity contribution >= 4 is 11.9 Å². The van der Waals surface area contributed by atoms with Crippen molar-refractivity contribution in [3.8, 4) is 0 Å². The molecule has 0 aromatic carbocycles. The average molecular weight is 469 g/mol. The Bertz CT molecular complexity index is 470. The van der Waals surface area contributed by atoms with Gasteiger partial charge in [-0.2, -0.15) is 0 Å². The fourth-order valence-corrected chi connectivity index (χ4v) is 3.92. The molecule has 0 saturated heterocycles. The average Bonchev–Trinajstić information content (AvgIpc) is 2.72. The quantitative estimate of drug-likeness (QED) is 0.118. The van der Waals surface area contributed by atoms with Gasteiger partial charge in [-0.05, 0) is 49.4 Å². The van der Waals surface area contributed by atoms with Gasteiger partial charge in [0.15, 0.2) is 0 Å². The van der Waals surface area contributed by atoms with E-state index in [0.29, 0.717) is 49.7 Å². The molecule has 0 radical (unpaired) electrons. The Labute approximate surface area is 206 Å². The normalized spacial score (nSPS) is 12.5. The highest BCUT2D eigenvalue weighted by Crippen LogP contribution is 2.23. The lowest BCUT2D eigenvalue weighted by Crippen LogP contribution is -2.17. The molecule has 0 aromatic heterocycles. The Hall–Kier alpha value is -1.06. The lowest BCUT2D eigenvalue weighted by atomic mass is 9.87. The fourth-order valence-electron chi connectivity index (χ4n) is 3.92. The van der Waals surface area contributed by atoms with E-state index in [2.05, 4.69) is 41.5 Å². The van der Waals surface area contributed by atoms with Crippen molar-refractivity contribution in [1.82, 2.24) is 0 Å². The summed E-state index contributed by atoms with van der Waals surface area (Å²) in [5.41, 5.74) is 0. The van der Waals surface area contributed by atoms with Crippen LogP contribution in [0.3, 0.4) is 0 Å². The third kappa shape index (κ3) is 22.5. The summed E-state index contributed by atoms with van der Waals surface area (Å²) in [7, 11) is 0. The van der Waals surface area contributed by atoms with Crippen LogP contribution < -0.4 is 0 Å². The second kappa shape index (κ2) is 21.5. The van der Waals surface area contributed by atoms with Crippen molar-refractivity contribution in [2.24, 2.45) is 23.7 Å². The van der Waals surface area contributed by atoms with Gasteiger partial charge in [0.1, 0.15) is 0 Å². The minimum atomic E-state index is -0.0293. The summed E-state index contributed by atoms with van der Waals surface area (Å²) in [6, 6.07) is 0. The second-order valence-corrected chi connectivity index (χ2v) is 11.1. The number of carbonyl (C=O) groups excluding carboxylic acids is 2. The van der Waals surface area contributed by atoms with Gasteiger partial charge in [0.2, 0.25) is 0 Å². The van der Waals surface area contributed by atoms with E-state index in [1.165, 1.54) is 51.4 Å². The van der Waals surface area contributed by atoms with Gasteiger partial charge in [0, 0.05) is 12.8 Å². The van der Waals surface area contributed by atoms with Gasteiger partial charge in [-0.1, -0.05) is 99.3 Å². The molecule has 0 fully saturated rings. The summed E-state index contributed by atoms with van der Waals surface area (Å²) in [6.45, 7) is 14.2. The van der Waals surface area contributed by atoms with Crippen LogP contribution in [0.5, 0.6) is 0 Å². The predicted octanol–water partition coefficient (Wildman–Crippen LogP) is 8.51. The molecule has 0 heterocycles. The number of unbranched alkanes of at least 4 members (excludes halogenated alkanes) is 9. The van der Waals surface area contributed by atoms with E-state index in [9.17, 15) is 9.59 Å². The van der Waals surface area contributed by atoms with Crippen molar-refractivity contribution in [3.05, 3.63) is 0 Å². The highest BCUT2D eigenvalue weighted by atomic mass is 16.5. The Morgan fingerprint density at radius 3 is 1.42 bits per heavy atom. The number of rotatable bonds is 22. The maximum Gasteiger partial charge on any atom is 0.306 e. The lowest BCUT2D eigenvalue weighted by Gasteiger charge is -2.20. The van der Waals surface area contributed by atoms with Crippen molar-refractivity contribution < 1.29 is 19.1 Å². The van der Waals surface area contributed by atoms with E-state index >= 15 is 0 Å². The molecule has 0 rings (SSSR count). The van der Waals surface area contributed by atoms with Crippen LogP contribution in [0.1, 0.15) is 138 Å². The van der Waals surface area contributed by atoms with Crippen LogP contribution in [-0.2, 0) is 19.1 Å². The fraction of sp³-hybridized carbons (Fsp3) is 0.931. The number of carbonyl (C=O) groups is 2. The monoisotopic (exact) mass is 468 g/mol. The van der Waals surface area contributed by atoms with E-state index in [0.717, 1.165) is 32.1 Å². The summed E-state index contributed by atoms with van der Waals surface area (Å²) in [5.74, 6) is 2.10. The SMILES string of the molecule is CC(C)CCOC(=O)CCCCCCCCCCCCC(CC(=O)OCCC(C)C)C(C)C. The van der Waals surface area contributed by atoms with Crippen LogP contribution in [-0.4, -0.2) is 25.2 Å². The number of hydrogen-bond acceptors (Lipinski definition) is 4. The Morgan fingerprint density at radius 1 is 0.545 bits per heavy atom. The molecule has 0 aromatic rings. The first-order valence-electron chi connectivity index (χ1n) is 14.0. The molecular weight excluding hydrogens is 412 g/mol. The molecule has 0 spiro atoms. The van der Waals surface area contributed by atoms with Gasteiger partial charge < -0.3 is 9.47 Å². The Morgan fingerprint density at radius 2 is 0.970 bits per heavy atom. The maximum atomic E-state index is 12.1. The first-order chi connectivity index (χ1) is 15.7. The summed E-state index contributed by atoms with van der Waals surface area (Å²) >= 11 is 0. The molecule has 1 atom stereocenters. The molecule has 4 nitrogen and oxygen atoms in total. The van der Waals surface area contributed by atoms with Gasteiger partial charge in [-0.15, -0.1) is 0 Å². The molecule has 33 heavy (non-hydrogen) atoms. The standard InChI is InChI=1S/C29H56O4/c1-24(2)19-21-32-28(30)18-16-14-12-10-8-7-9-11-13-15-17-27(26(5)6)23-29(31)33-22-20-25(3)4/h24-27H,7-23H2,1-6H3. The van der Waals surface area contributed by atoms with Gasteiger partial charge >= 0.3 is 11.9 Å². The number of hydrogen-bond donors (Lipinski definition) is 0. The van der Waals surface area contributed by atoms with Crippen LogP contribution >= 0.6 is 0 Å². The van der Waals surface area contributed by atoms with Crippen molar-refractivity contribution in [2.45, 2.75) is 138 Å². The van der Waals surface area contributed by atoms with Crippen LogP contribution in [0.2, 0.25) is 0 Å². The van der Waals surface area contributed by atoms with Crippen LogP contribution in [0.15, 0.2) is 0 Å². The molecule has 0 aliphatic carbocycles. The smallest absolute Gasteiger partial charge is 0.306 e. The molecule has 0 bridgehead atoms. The zero-order valence-electron chi connectivity index (χ0n) is 23.0. The molecule has 0 N–H and O–H groups in total. The zero-order chi connectivity index (χ0) is 24.9. The van der Waals surface area contributed by atoms with Crippen LogP contribution in [0.4, 0.5) is 0 Å². The topological polar surface area (TPSA) is 52.6 Å². The van der Waals surface area contributed by atoms with E-state index in [4.69, 9.17) is 9.47 Å². The van der Waals surface area contributed by atoms with Crippen molar-refractivity contribution in [2.75, 3.05) is 13.2 Å². The minimum Gasteiger partial charge on any atom is -0.466 e. The zero-order valence-corrected chi connectivity index (χ0v) is 23.0. The van der Waals surface area contributed by atoms with Gasteiger partial charge in [0.25, 0.3) is 0 Å². The van der Waals surface area contributed by atoms with E-state index in [1.54, 1.807) is 0 Å². The summed E-state index contributed by atoms with van der Waals surface area (Å²) in [6.07, 6.45) is 16.5. The van der Waals surface area contributed by atoms with Gasteiger partial charge in [0.05, 0.1) is 13.2 Å². The molecular formula is C29H56O4. The summed E-state index contributed by atoms with van der Waals surface area (Å²) in [5, 5.41) is 0. The van der Waals surface area contributed by atoms with Gasteiger partial charge in [-0.25, -0.2) is 0 Å². The predicted molar refractivity (Wildman–Crippen MR) is 139 cm³/mol. The highest BCUT2D eigenvalue weighted by Gasteiger charge is 2.18. The van der Waals surface area contributed by atoms with Crippen molar-refractivity contribution in [1.29, 1.82) is 0 Å². The number of ether oxygens (including phenoxy) is 2. The first kappa shape index (κ1) is 31.9. The first-order valence-corrected chi connectivity index (χ1v) is 14.0. The minimum absolute atomic E-state index is 0.0163. The Kier molecular flexibility index (Phi) is 20.8. The van der Waals surface area contributed by atoms with Crippen molar-refractivity contribution in [3.63, 3.8) is 0 Å². The largest absolute Gasteiger partial charge is 0.466 e. The second-order valence-electron chi connectivity index (χ2n) is 11.1. The van der Waals surface area contributed by atoms with E-state index in [-0.39, 0.29) is 11.9 Å². The van der Waals surface area contributed by atoms with E-state index < -0.39 is 0 Å². The molecule has 0 aliphatic heterocycles. The molecule has 196 valence electrons. The maximum absolute atomic E-state index is 12.1. The van der Waals surface area contributed by atoms with Gasteiger partial charge in [-0.3, -0.25) is 9.59 Å².